The first-order valence-electron chi connectivity index (χ1n) is 5.88. The second-order valence-corrected chi connectivity index (χ2v) is 5.12. The number of halogens is 1. The van der Waals surface area contributed by atoms with Gasteiger partial charge in [0.1, 0.15) is 0 Å². The fourth-order valence-electron chi connectivity index (χ4n) is 2.56. The lowest BCUT2D eigenvalue weighted by atomic mass is 10.1. The van der Waals surface area contributed by atoms with Crippen molar-refractivity contribution in [1.82, 2.24) is 0 Å². The number of benzene rings is 1. The van der Waals surface area contributed by atoms with Crippen LogP contribution in [-0.2, 0) is 0 Å². The molecular formula is C13H19ClN2. The molecule has 3 heteroatoms. The highest BCUT2D eigenvalue weighted by molar-refractivity contribution is 6.33. The summed E-state index contributed by atoms with van der Waals surface area (Å²) in [5.74, 6) is 0. The number of anilines is 2. The molecule has 0 saturated heterocycles. The minimum absolute atomic E-state index is 0.658. The molecule has 0 aliphatic heterocycles. The van der Waals surface area contributed by atoms with E-state index in [2.05, 4.69) is 18.9 Å². The van der Waals surface area contributed by atoms with Crippen molar-refractivity contribution in [2.45, 2.75) is 38.6 Å². The van der Waals surface area contributed by atoms with Gasteiger partial charge in [-0.2, -0.15) is 0 Å². The van der Waals surface area contributed by atoms with Crippen molar-refractivity contribution in [2.24, 2.45) is 0 Å². The number of aryl methyl sites for hydroxylation is 1. The molecule has 0 aromatic heterocycles. The highest BCUT2D eigenvalue weighted by Gasteiger charge is 2.21. The van der Waals surface area contributed by atoms with Crippen LogP contribution in [0.3, 0.4) is 0 Å². The molecule has 1 saturated carbocycles. The number of rotatable bonds is 2. The topological polar surface area (TPSA) is 29.3 Å². The molecule has 1 aliphatic carbocycles. The average Bonchev–Trinajstić information content (AvgIpc) is 2.75. The van der Waals surface area contributed by atoms with Crippen molar-refractivity contribution in [1.29, 1.82) is 0 Å². The van der Waals surface area contributed by atoms with Crippen LogP contribution in [0.5, 0.6) is 0 Å². The lowest BCUT2D eigenvalue weighted by Crippen LogP contribution is -2.29. The van der Waals surface area contributed by atoms with E-state index in [9.17, 15) is 0 Å². The maximum absolute atomic E-state index is 6.08. The maximum atomic E-state index is 6.08. The number of hydrogen-bond acceptors (Lipinski definition) is 2. The first-order chi connectivity index (χ1) is 7.59. The van der Waals surface area contributed by atoms with E-state index in [0.717, 1.165) is 0 Å². The lowest BCUT2D eigenvalue weighted by molar-refractivity contribution is 0.652. The van der Waals surface area contributed by atoms with Crippen molar-refractivity contribution in [3.63, 3.8) is 0 Å². The number of nitrogens with zero attached hydrogens (tertiary/aromatic N) is 1. The largest absolute Gasteiger partial charge is 0.398 e. The Labute approximate surface area is 102 Å². The zero-order chi connectivity index (χ0) is 11.7. The summed E-state index contributed by atoms with van der Waals surface area (Å²) >= 11 is 6.08. The summed E-state index contributed by atoms with van der Waals surface area (Å²) in [7, 11) is 2.16. The van der Waals surface area contributed by atoms with Gasteiger partial charge in [0, 0.05) is 18.8 Å². The molecule has 0 spiro atoms. The van der Waals surface area contributed by atoms with Crippen LogP contribution < -0.4 is 10.6 Å². The molecule has 0 radical (unpaired) electrons. The molecule has 0 bridgehead atoms. The predicted molar refractivity (Wildman–Crippen MR) is 71.3 cm³/mol. The standard InChI is InChI=1S/C13H19ClN2/c1-9-7-12(15)11(14)8-13(9)16(2)10-5-3-4-6-10/h7-8,10H,3-6,15H2,1-2H3. The third kappa shape index (κ3) is 2.12. The van der Waals surface area contributed by atoms with Crippen LogP contribution >= 0.6 is 11.6 Å². The molecule has 1 aliphatic rings. The molecular weight excluding hydrogens is 220 g/mol. The highest BCUT2D eigenvalue weighted by Crippen LogP contribution is 2.33. The van der Waals surface area contributed by atoms with Gasteiger partial charge in [-0.05, 0) is 37.5 Å². The Kier molecular flexibility index (Phi) is 3.29. The Balaban J connectivity index is 2.28. The summed E-state index contributed by atoms with van der Waals surface area (Å²) in [6.07, 6.45) is 5.27. The fourth-order valence-corrected chi connectivity index (χ4v) is 2.72. The van der Waals surface area contributed by atoms with Crippen molar-refractivity contribution in [3.8, 4) is 0 Å². The van der Waals surface area contributed by atoms with Gasteiger partial charge in [0.2, 0.25) is 0 Å². The van der Waals surface area contributed by atoms with Crippen LogP contribution in [0, 0.1) is 6.92 Å². The molecule has 2 rings (SSSR count). The average molecular weight is 239 g/mol. The Morgan fingerprint density at radius 2 is 1.94 bits per heavy atom. The molecule has 88 valence electrons. The van der Waals surface area contributed by atoms with Gasteiger partial charge in [-0.15, -0.1) is 0 Å². The fraction of sp³-hybridized carbons (Fsp3) is 0.538. The maximum Gasteiger partial charge on any atom is 0.0656 e. The molecule has 1 aromatic carbocycles. The van der Waals surface area contributed by atoms with Crippen LogP contribution in [-0.4, -0.2) is 13.1 Å². The van der Waals surface area contributed by atoms with Gasteiger partial charge in [-0.25, -0.2) is 0 Å². The number of nitrogens with two attached hydrogens (primary N) is 1. The monoisotopic (exact) mass is 238 g/mol. The van der Waals surface area contributed by atoms with Gasteiger partial charge >= 0.3 is 0 Å². The molecule has 2 nitrogen and oxygen atoms in total. The SMILES string of the molecule is Cc1cc(N)c(Cl)cc1N(C)C1CCCC1. The molecule has 0 amide bonds. The van der Waals surface area contributed by atoms with Gasteiger partial charge < -0.3 is 10.6 Å². The summed E-state index contributed by atoms with van der Waals surface area (Å²) in [5.41, 5.74) is 8.88. The third-order valence-corrected chi connectivity index (χ3v) is 3.89. The van der Waals surface area contributed by atoms with Crippen LogP contribution in [0.15, 0.2) is 12.1 Å². The predicted octanol–water partition coefficient (Wildman–Crippen LogP) is 3.61. The summed E-state index contributed by atoms with van der Waals surface area (Å²) in [5, 5.41) is 0.658. The zero-order valence-corrected chi connectivity index (χ0v) is 10.7. The van der Waals surface area contributed by atoms with Crippen molar-refractivity contribution in [2.75, 3.05) is 17.7 Å². The minimum atomic E-state index is 0.658. The van der Waals surface area contributed by atoms with Crippen LogP contribution in [0.25, 0.3) is 0 Å². The van der Waals surface area contributed by atoms with E-state index >= 15 is 0 Å². The normalized spacial score (nSPS) is 16.7. The molecule has 2 N–H and O–H groups in total. The van der Waals surface area contributed by atoms with Crippen molar-refractivity contribution >= 4 is 23.0 Å². The van der Waals surface area contributed by atoms with Crippen LogP contribution in [0.4, 0.5) is 11.4 Å². The molecule has 0 atom stereocenters. The number of nitrogen functional groups attached to an aromatic ring is 1. The molecule has 1 aromatic rings. The summed E-state index contributed by atoms with van der Waals surface area (Å²) in [6.45, 7) is 2.09. The van der Waals surface area contributed by atoms with Crippen molar-refractivity contribution in [3.05, 3.63) is 22.7 Å². The Bertz CT molecular complexity index is 384. The molecule has 1 fully saturated rings. The first kappa shape index (κ1) is 11.6. The Morgan fingerprint density at radius 1 is 1.31 bits per heavy atom. The quantitative estimate of drug-likeness (QED) is 0.798. The highest BCUT2D eigenvalue weighted by atomic mass is 35.5. The third-order valence-electron chi connectivity index (χ3n) is 3.57. The Hall–Kier alpha value is -0.890. The van der Waals surface area contributed by atoms with Crippen LogP contribution in [0.1, 0.15) is 31.2 Å². The van der Waals surface area contributed by atoms with Gasteiger partial charge in [-0.1, -0.05) is 24.4 Å². The van der Waals surface area contributed by atoms with E-state index in [1.807, 2.05) is 12.1 Å². The summed E-state index contributed by atoms with van der Waals surface area (Å²) in [4.78, 5) is 2.35. The van der Waals surface area contributed by atoms with E-state index in [0.29, 0.717) is 16.8 Å². The smallest absolute Gasteiger partial charge is 0.0656 e. The minimum Gasteiger partial charge on any atom is -0.398 e. The van der Waals surface area contributed by atoms with E-state index in [1.165, 1.54) is 36.9 Å². The van der Waals surface area contributed by atoms with E-state index in [4.69, 9.17) is 17.3 Å². The van der Waals surface area contributed by atoms with Gasteiger partial charge in [0.15, 0.2) is 0 Å². The summed E-state index contributed by atoms with van der Waals surface area (Å²) in [6, 6.07) is 4.62. The molecule has 0 unspecified atom stereocenters. The van der Waals surface area contributed by atoms with E-state index < -0.39 is 0 Å². The molecule has 0 heterocycles. The first-order valence-corrected chi connectivity index (χ1v) is 6.26. The lowest BCUT2D eigenvalue weighted by Gasteiger charge is -2.28. The number of hydrogen-bond donors (Lipinski definition) is 1. The second-order valence-electron chi connectivity index (χ2n) is 4.71. The van der Waals surface area contributed by atoms with Gasteiger partial charge in [-0.3, -0.25) is 0 Å². The molecule has 16 heavy (non-hydrogen) atoms. The van der Waals surface area contributed by atoms with Crippen molar-refractivity contribution < 1.29 is 0 Å². The van der Waals surface area contributed by atoms with Gasteiger partial charge in [0.05, 0.1) is 10.7 Å². The summed E-state index contributed by atoms with van der Waals surface area (Å²) < 4.78 is 0. The van der Waals surface area contributed by atoms with Crippen LogP contribution in [0.2, 0.25) is 5.02 Å². The second kappa shape index (κ2) is 4.54. The zero-order valence-electron chi connectivity index (χ0n) is 9.96. The van der Waals surface area contributed by atoms with E-state index in [-0.39, 0.29) is 0 Å². The van der Waals surface area contributed by atoms with Gasteiger partial charge in [0.25, 0.3) is 0 Å². The van der Waals surface area contributed by atoms with E-state index in [1.54, 1.807) is 0 Å². The Morgan fingerprint density at radius 3 is 2.56 bits per heavy atom.